The Bertz CT molecular complexity index is 258. The molecule has 1 amide bonds. The van der Waals surface area contributed by atoms with E-state index in [1.54, 1.807) is 6.92 Å². The molecule has 92 valence electrons. The zero-order valence-corrected chi connectivity index (χ0v) is 10.7. The number of unbranched alkanes of at least 4 members (excludes halogenated alkanes) is 1. The molecule has 0 bridgehead atoms. The van der Waals surface area contributed by atoms with E-state index in [0.717, 1.165) is 45.3 Å². The smallest absolute Gasteiger partial charge is 0.217 e. The number of hydrogen-bond acceptors (Lipinski definition) is 3. The number of hydrogen-bond donors (Lipinski definition) is 2. The molecule has 4 nitrogen and oxygen atoms in total. The number of nitrogens with one attached hydrogen (secondary N) is 1. The van der Waals surface area contributed by atoms with Gasteiger partial charge in [-0.25, -0.2) is 0 Å². The van der Waals surface area contributed by atoms with E-state index in [0.29, 0.717) is 11.0 Å². The number of amides is 1. The summed E-state index contributed by atoms with van der Waals surface area (Å²) < 4.78 is 0. The Morgan fingerprint density at radius 2 is 2.31 bits per heavy atom. The first-order valence-corrected chi connectivity index (χ1v) is 6.26. The molecule has 1 saturated heterocycles. The first kappa shape index (κ1) is 13.4. The second kappa shape index (κ2) is 6.81. The summed E-state index contributed by atoms with van der Waals surface area (Å²) >= 11 is 4.83. The molecule has 0 spiro atoms. The standard InChI is InChI=1S/C11H21N3OS/c1-9(15)13-10-5-7-14(8-10)6-3-2-4-11(12)16/h10H,2-8H2,1H3,(H2,12,16)(H,13,15). The Morgan fingerprint density at radius 1 is 1.56 bits per heavy atom. The van der Waals surface area contributed by atoms with Crippen LogP contribution in [0.15, 0.2) is 0 Å². The van der Waals surface area contributed by atoms with Gasteiger partial charge in [0, 0.05) is 26.1 Å². The van der Waals surface area contributed by atoms with E-state index in [1.807, 2.05) is 0 Å². The Labute approximate surface area is 103 Å². The highest BCUT2D eigenvalue weighted by molar-refractivity contribution is 7.80. The minimum atomic E-state index is 0.0698. The van der Waals surface area contributed by atoms with Crippen molar-refractivity contribution < 1.29 is 4.79 Å². The third-order valence-electron chi connectivity index (χ3n) is 2.83. The molecule has 1 aliphatic heterocycles. The van der Waals surface area contributed by atoms with E-state index in [4.69, 9.17) is 18.0 Å². The monoisotopic (exact) mass is 243 g/mol. The highest BCUT2D eigenvalue weighted by atomic mass is 32.1. The van der Waals surface area contributed by atoms with E-state index < -0.39 is 0 Å². The number of carbonyl (C=O) groups excluding carboxylic acids is 1. The lowest BCUT2D eigenvalue weighted by Crippen LogP contribution is -2.35. The zero-order valence-electron chi connectivity index (χ0n) is 9.87. The summed E-state index contributed by atoms with van der Waals surface area (Å²) in [6.07, 6.45) is 4.11. The van der Waals surface area contributed by atoms with Gasteiger partial charge in [-0.3, -0.25) is 4.79 Å². The Hall–Kier alpha value is -0.680. The lowest BCUT2D eigenvalue weighted by Gasteiger charge is -2.15. The van der Waals surface area contributed by atoms with Crippen LogP contribution >= 0.6 is 12.2 Å². The molecule has 0 aromatic rings. The molecule has 0 aromatic heterocycles. The van der Waals surface area contributed by atoms with E-state index in [-0.39, 0.29) is 5.91 Å². The van der Waals surface area contributed by atoms with Crippen LogP contribution in [0.25, 0.3) is 0 Å². The quantitative estimate of drug-likeness (QED) is 0.531. The molecule has 0 aromatic carbocycles. The van der Waals surface area contributed by atoms with E-state index in [9.17, 15) is 4.79 Å². The summed E-state index contributed by atoms with van der Waals surface area (Å²) in [5.41, 5.74) is 5.43. The average molecular weight is 243 g/mol. The largest absolute Gasteiger partial charge is 0.393 e. The average Bonchev–Trinajstić information content (AvgIpc) is 2.59. The van der Waals surface area contributed by atoms with E-state index in [1.165, 1.54) is 0 Å². The van der Waals surface area contributed by atoms with Crippen LogP contribution in [0.4, 0.5) is 0 Å². The molecule has 0 saturated carbocycles. The van der Waals surface area contributed by atoms with Crippen LogP contribution in [0.1, 0.15) is 32.6 Å². The molecule has 1 atom stereocenters. The number of nitrogens with two attached hydrogens (primary N) is 1. The van der Waals surface area contributed by atoms with Crippen molar-refractivity contribution in [1.82, 2.24) is 10.2 Å². The van der Waals surface area contributed by atoms with Crippen LogP contribution in [0.3, 0.4) is 0 Å². The van der Waals surface area contributed by atoms with Gasteiger partial charge in [0.05, 0.1) is 4.99 Å². The number of likely N-dealkylation sites (tertiary alicyclic amines) is 1. The van der Waals surface area contributed by atoms with Gasteiger partial charge in [0.1, 0.15) is 0 Å². The molecule has 1 heterocycles. The number of rotatable bonds is 6. The molecule has 3 N–H and O–H groups in total. The van der Waals surface area contributed by atoms with Crippen molar-refractivity contribution in [2.24, 2.45) is 5.73 Å². The molecule has 0 radical (unpaired) electrons. The molecule has 0 aliphatic carbocycles. The summed E-state index contributed by atoms with van der Waals surface area (Å²) in [5, 5.41) is 2.96. The molecule has 1 fully saturated rings. The van der Waals surface area contributed by atoms with Gasteiger partial charge in [-0.2, -0.15) is 0 Å². The zero-order chi connectivity index (χ0) is 12.0. The summed E-state index contributed by atoms with van der Waals surface area (Å²) in [4.78, 5) is 13.9. The maximum Gasteiger partial charge on any atom is 0.217 e. The Kier molecular flexibility index (Phi) is 5.69. The van der Waals surface area contributed by atoms with Crippen LogP contribution in [-0.2, 0) is 4.79 Å². The first-order chi connectivity index (χ1) is 7.58. The molecular formula is C11H21N3OS. The highest BCUT2D eigenvalue weighted by Crippen LogP contribution is 2.10. The van der Waals surface area contributed by atoms with Crippen LogP contribution < -0.4 is 11.1 Å². The van der Waals surface area contributed by atoms with Crippen LogP contribution in [0.5, 0.6) is 0 Å². The SMILES string of the molecule is CC(=O)NC1CCN(CCCCC(N)=S)C1. The minimum Gasteiger partial charge on any atom is -0.393 e. The molecule has 1 rings (SSSR count). The molecule has 1 aliphatic rings. The third kappa shape index (κ3) is 5.42. The molecular weight excluding hydrogens is 222 g/mol. The second-order valence-electron chi connectivity index (χ2n) is 4.41. The maximum atomic E-state index is 10.9. The second-order valence-corrected chi connectivity index (χ2v) is 4.93. The predicted octanol–water partition coefficient (Wildman–Crippen LogP) is 0.653. The number of thiocarbonyl (C=S) groups is 1. The molecule has 1 unspecified atom stereocenters. The van der Waals surface area contributed by atoms with Gasteiger partial charge in [-0.15, -0.1) is 0 Å². The Morgan fingerprint density at radius 3 is 2.94 bits per heavy atom. The summed E-state index contributed by atoms with van der Waals surface area (Å²) in [5.74, 6) is 0.0698. The van der Waals surface area contributed by atoms with Gasteiger partial charge in [-0.05, 0) is 32.2 Å². The fourth-order valence-corrected chi connectivity index (χ4v) is 2.22. The van der Waals surface area contributed by atoms with Crippen LogP contribution in [0, 0.1) is 0 Å². The van der Waals surface area contributed by atoms with Crippen molar-refractivity contribution in [2.45, 2.75) is 38.6 Å². The molecule has 16 heavy (non-hydrogen) atoms. The van der Waals surface area contributed by atoms with Gasteiger partial charge < -0.3 is 16.0 Å². The van der Waals surface area contributed by atoms with Gasteiger partial charge in [0.25, 0.3) is 0 Å². The van der Waals surface area contributed by atoms with Crippen molar-refractivity contribution in [3.05, 3.63) is 0 Å². The lowest BCUT2D eigenvalue weighted by molar-refractivity contribution is -0.119. The fraction of sp³-hybridized carbons (Fsp3) is 0.818. The van der Waals surface area contributed by atoms with Crippen molar-refractivity contribution in [1.29, 1.82) is 0 Å². The van der Waals surface area contributed by atoms with Gasteiger partial charge in [-0.1, -0.05) is 12.2 Å². The Balaban J connectivity index is 2.07. The van der Waals surface area contributed by atoms with E-state index >= 15 is 0 Å². The van der Waals surface area contributed by atoms with Gasteiger partial charge >= 0.3 is 0 Å². The van der Waals surface area contributed by atoms with Crippen molar-refractivity contribution >= 4 is 23.1 Å². The minimum absolute atomic E-state index is 0.0698. The first-order valence-electron chi connectivity index (χ1n) is 5.85. The fourth-order valence-electron chi connectivity index (χ4n) is 2.08. The normalized spacial score (nSPS) is 20.9. The van der Waals surface area contributed by atoms with Gasteiger partial charge in [0.15, 0.2) is 0 Å². The predicted molar refractivity (Wildman–Crippen MR) is 69.3 cm³/mol. The lowest BCUT2D eigenvalue weighted by atomic mass is 10.2. The number of nitrogens with zero attached hydrogens (tertiary/aromatic N) is 1. The van der Waals surface area contributed by atoms with Crippen molar-refractivity contribution in [2.75, 3.05) is 19.6 Å². The summed E-state index contributed by atoms with van der Waals surface area (Å²) in [6.45, 7) is 4.72. The molecule has 5 heteroatoms. The van der Waals surface area contributed by atoms with Crippen molar-refractivity contribution in [3.8, 4) is 0 Å². The topological polar surface area (TPSA) is 58.4 Å². The summed E-state index contributed by atoms with van der Waals surface area (Å²) in [6, 6.07) is 0.341. The van der Waals surface area contributed by atoms with Gasteiger partial charge in [0.2, 0.25) is 5.91 Å². The third-order valence-corrected chi connectivity index (χ3v) is 3.03. The maximum absolute atomic E-state index is 10.9. The number of carbonyl (C=O) groups is 1. The summed E-state index contributed by atoms with van der Waals surface area (Å²) in [7, 11) is 0. The van der Waals surface area contributed by atoms with Crippen LogP contribution in [-0.4, -0.2) is 41.5 Å². The van der Waals surface area contributed by atoms with Crippen molar-refractivity contribution in [3.63, 3.8) is 0 Å². The van der Waals surface area contributed by atoms with E-state index in [2.05, 4.69) is 10.2 Å². The highest BCUT2D eigenvalue weighted by Gasteiger charge is 2.21. The van der Waals surface area contributed by atoms with Crippen LogP contribution in [0.2, 0.25) is 0 Å².